The van der Waals surface area contributed by atoms with Gasteiger partial charge in [0.1, 0.15) is 0 Å². The van der Waals surface area contributed by atoms with Crippen LogP contribution in [0.1, 0.15) is 0 Å². The maximum absolute atomic E-state index is 4.27. The molecule has 0 heterocycles. The molecule has 0 N–H and O–H groups in total. The Labute approximate surface area is 81.6 Å². The van der Waals surface area contributed by atoms with Crippen LogP contribution in [-0.4, -0.2) is 12.5 Å². The second kappa shape index (κ2) is 4.33. The van der Waals surface area contributed by atoms with Gasteiger partial charge in [-0.25, -0.2) is 0 Å². The van der Waals surface area contributed by atoms with Crippen molar-refractivity contribution in [2.24, 2.45) is 0 Å². The highest BCUT2D eigenvalue weighted by Crippen LogP contribution is 2.29. The summed E-state index contributed by atoms with van der Waals surface area (Å²) in [6, 6.07) is 6.23. The average molecular weight is 202 g/mol. The van der Waals surface area contributed by atoms with Crippen LogP contribution in [-0.2, 0) is 0 Å². The molecular weight excluding hydrogens is 192 g/mol. The van der Waals surface area contributed by atoms with Crippen LogP contribution in [0.4, 0.5) is 0 Å². The molecule has 0 saturated carbocycles. The quantitative estimate of drug-likeness (QED) is 0.576. The molecule has 0 radical (unpaired) electrons. The van der Waals surface area contributed by atoms with E-state index < -0.39 is 0 Å². The Kier molecular flexibility index (Phi) is 3.69. The highest BCUT2D eigenvalue weighted by Gasteiger charge is 1.98. The van der Waals surface area contributed by atoms with Gasteiger partial charge in [-0.15, -0.1) is 36.2 Å². The molecule has 60 valence electrons. The van der Waals surface area contributed by atoms with Gasteiger partial charge in [-0.2, -0.15) is 0 Å². The van der Waals surface area contributed by atoms with Crippen molar-refractivity contribution in [3.8, 4) is 0 Å². The molecule has 0 bridgehead atoms. The summed E-state index contributed by atoms with van der Waals surface area (Å²) >= 11 is 7.81. The van der Waals surface area contributed by atoms with Crippen molar-refractivity contribution < 1.29 is 0 Å². The minimum atomic E-state index is 1.03. The van der Waals surface area contributed by atoms with E-state index in [1.165, 1.54) is 9.79 Å². The van der Waals surface area contributed by atoms with Crippen LogP contribution < -0.4 is 0 Å². The predicted molar refractivity (Wildman–Crippen MR) is 57.3 cm³/mol. The van der Waals surface area contributed by atoms with E-state index in [4.69, 9.17) is 0 Å². The van der Waals surface area contributed by atoms with Gasteiger partial charge < -0.3 is 0 Å². The molecule has 0 spiro atoms. The molecule has 1 rings (SSSR count). The molecule has 11 heavy (non-hydrogen) atoms. The average Bonchev–Trinajstić information content (AvgIpc) is 2.04. The third-order valence-electron chi connectivity index (χ3n) is 1.37. The Balaban J connectivity index is 3.06. The van der Waals surface area contributed by atoms with Gasteiger partial charge in [-0.05, 0) is 30.7 Å². The van der Waals surface area contributed by atoms with Gasteiger partial charge in [0.15, 0.2) is 0 Å². The maximum atomic E-state index is 4.27. The van der Waals surface area contributed by atoms with Gasteiger partial charge in [0.25, 0.3) is 0 Å². The van der Waals surface area contributed by atoms with Crippen molar-refractivity contribution in [3.63, 3.8) is 0 Å². The van der Waals surface area contributed by atoms with Crippen molar-refractivity contribution >= 4 is 36.2 Å². The van der Waals surface area contributed by atoms with Crippen molar-refractivity contribution in [2.75, 3.05) is 12.5 Å². The van der Waals surface area contributed by atoms with Gasteiger partial charge in [-0.1, -0.05) is 0 Å². The zero-order valence-corrected chi connectivity index (χ0v) is 9.02. The predicted octanol–water partition coefficient (Wildman–Crippen LogP) is 3.42. The van der Waals surface area contributed by atoms with Gasteiger partial charge in [-0.3, -0.25) is 0 Å². The monoisotopic (exact) mass is 202 g/mol. The SMILES string of the molecule is CSc1ccc(S)cc1SC. The molecule has 0 amide bonds. The van der Waals surface area contributed by atoms with Crippen LogP contribution in [0, 0.1) is 0 Å². The second-order valence-electron chi connectivity index (χ2n) is 2.04. The number of hydrogen-bond acceptors (Lipinski definition) is 3. The summed E-state index contributed by atoms with van der Waals surface area (Å²) in [5, 5.41) is 0. The molecule has 0 saturated heterocycles. The number of hydrogen-bond donors (Lipinski definition) is 1. The summed E-state index contributed by atoms with van der Waals surface area (Å²) in [6.45, 7) is 0. The van der Waals surface area contributed by atoms with E-state index in [1.807, 2.05) is 6.07 Å². The fourth-order valence-electron chi connectivity index (χ4n) is 0.825. The molecule has 0 aliphatic carbocycles. The van der Waals surface area contributed by atoms with Gasteiger partial charge in [0, 0.05) is 14.7 Å². The Morgan fingerprint density at radius 3 is 2.27 bits per heavy atom. The highest BCUT2D eigenvalue weighted by atomic mass is 32.2. The smallest absolute Gasteiger partial charge is 0.0216 e. The van der Waals surface area contributed by atoms with Crippen molar-refractivity contribution in [1.29, 1.82) is 0 Å². The number of benzene rings is 1. The van der Waals surface area contributed by atoms with E-state index in [1.54, 1.807) is 23.5 Å². The first-order valence-corrected chi connectivity index (χ1v) is 6.08. The van der Waals surface area contributed by atoms with Crippen molar-refractivity contribution in [3.05, 3.63) is 18.2 Å². The van der Waals surface area contributed by atoms with E-state index in [0.717, 1.165) is 4.90 Å². The van der Waals surface area contributed by atoms with E-state index >= 15 is 0 Å². The minimum absolute atomic E-state index is 1.03. The first kappa shape index (κ1) is 9.36. The number of thioether (sulfide) groups is 2. The first-order valence-electron chi connectivity index (χ1n) is 3.19. The van der Waals surface area contributed by atoms with E-state index in [2.05, 4.69) is 37.3 Å². The molecule has 0 fully saturated rings. The molecule has 1 aromatic carbocycles. The topological polar surface area (TPSA) is 0 Å². The molecule has 3 heteroatoms. The van der Waals surface area contributed by atoms with Gasteiger partial charge in [0.05, 0.1) is 0 Å². The van der Waals surface area contributed by atoms with Crippen molar-refractivity contribution in [2.45, 2.75) is 14.7 Å². The molecule has 0 aliphatic rings. The van der Waals surface area contributed by atoms with E-state index in [9.17, 15) is 0 Å². The molecular formula is C8H10S3. The summed E-state index contributed by atoms with van der Waals surface area (Å²) in [5.41, 5.74) is 0. The fraction of sp³-hybridized carbons (Fsp3) is 0.250. The molecule has 0 nitrogen and oxygen atoms in total. The molecule has 0 aromatic heterocycles. The minimum Gasteiger partial charge on any atom is -0.143 e. The lowest BCUT2D eigenvalue weighted by Gasteiger charge is -2.03. The van der Waals surface area contributed by atoms with Crippen LogP contribution in [0.2, 0.25) is 0 Å². The lowest BCUT2D eigenvalue weighted by Crippen LogP contribution is -1.76. The van der Waals surface area contributed by atoms with Crippen LogP contribution in [0.25, 0.3) is 0 Å². The Bertz CT molecular complexity index is 245. The maximum Gasteiger partial charge on any atom is 0.0216 e. The zero-order valence-electron chi connectivity index (χ0n) is 6.50. The summed E-state index contributed by atoms with van der Waals surface area (Å²) in [7, 11) is 0. The third kappa shape index (κ3) is 2.36. The standard InChI is InChI=1S/C8H10S3/c1-10-7-4-3-6(9)5-8(7)11-2/h3-5,9H,1-2H3. The zero-order chi connectivity index (χ0) is 8.27. The van der Waals surface area contributed by atoms with Crippen LogP contribution >= 0.6 is 36.2 Å². The Hall–Kier alpha value is 0.270. The lowest BCUT2D eigenvalue weighted by atomic mass is 10.4. The summed E-state index contributed by atoms with van der Waals surface area (Å²) < 4.78 is 0. The summed E-state index contributed by atoms with van der Waals surface area (Å²) in [4.78, 5) is 3.67. The third-order valence-corrected chi connectivity index (χ3v) is 3.35. The lowest BCUT2D eigenvalue weighted by molar-refractivity contribution is 1.20. The molecule has 0 aliphatic heterocycles. The molecule has 1 aromatic rings. The highest BCUT2D eigenvalue weighted by molar-refractivity contribution is 8.01. The van der Waals surface area contributed by atoms with Crippen LogP contribution in [0.5, 0.6) is 0 Å². The summed E-state index contributed by atoms with van der Waals surface area (Å²) in [6.07, 6.45) is 4.18. The van der Waals surface area contributed by atoms with Crippen molar-refractivity contribution in [1.82, 2.24) is 0 Å². The number of rotatable bonds is 2. The summed E-state index contributed by atoms with van der Waals surface area (Å²) in [5.74, 6) is 0. The van der Waals surface area contributed by atoms with Gasteiger partial charge >= 0.3 is 0 Å². The van der Waals surface area contributed by atoms with Gasteiger partial charge in [0.2, 0.25) is 0 Å². The normalized spacial score (nSPS) is 10.1. The largest absolute Gasteiger partial charge is 0.143 e. The Morgan fingerprint density at radius 2 is 1.73 bits per heavy atom. The van der Waals surface area contributed by atoms with Crippen LogP contribution in [0.15, 0.2) is 32.9 Å². The molecule has 0 atom stereocenters. The van der Waals surface area contributed by atoms with Crippen LogP contribution in [0.3, 0.4) is 0 Å². The Morgan fingerprint density at radius 1 is 1.09 bits per heavy atom. The van der Waals surface area contributed by atoms with E-state index in [0.29, 0.717) is 0 Å². The number of thiol groups is 1. The fourth-order valence-corrected chi connectivity index (χ4v) is 2.59. The van der Waals surface area contributed by atoms with E-state index in [-0.39, 0.29) is 0 Å². The molecule has 0 unspecified atom stereocenters. The first-order chi connectivity index (χ1) is 5.27. The second-order valence-corrected chi connectivity index (χ2v) is 4.25.